The third-order valence-corrected chi connectivity index (χ3v) is 24.6. The number of rotatable bonds is 10. The van der Waals surface area contributed by atoms with Crippen LogP contribution in [0.3, 0.4) is 0 Å². The molecule has 4 aromatic heterocycles. The van der Waals surface area contributed by atoms with Gasteiger partial charge in [-0.15, -0.1) is 0 Å². The second-order valence-electron chi connectivity index (χ2n) is 37.2. The van der Waals surface area contributed by atoms with Crippen LogP contribution in [0.4, 0.5) is 0 Å². The quantitative estimate of drug-likeness (QED) is 0.130. The molecular weight excluding hydrogens is 1560 g/mol. The second-order valence-corrected chi connectivity index (χ2v) is 37.2. The summed E-state index contributed by atoms with van der Waals surface area (Å²) in [5, 5.41) is 8.94. The first-order chi connectivity index (χ1) is 68.4. The summed E-state index contributed by atoms with van der Waals surface area (Å²) in [6.07, 6.45) is 0. The van der Waals surface area contributed by atoms with Crippen molar-refractivity contribution in [3.8, 4) is 89.5 Å². The predicted molar refractivity (Wildman–Crippen MR) is 555 cm³/mol. The van der Waals surface area contributed by atoms with Crippen molar-refractivity contribution in [1.82, 2.24) is 18.3 Å². The maximum absolute atomic E-state index is 8.95. The summed E-state index contributed by atoms with van der Waals surface area (Å²) in [5.74, 6) is 0. The van der Waals surface area contributed by atoms with Crippen molar-refractivity contribution >= 4 is 87.2 Å². The molecule has 0 radical (unpaired) electrons. The summed E-state index contributed by atoms with van der Waals surface area (Å²) in [6, 6.07) is 116. The third kappa shape index (κ3) is 15.8. The summed E-state index contributed by atoms with van der Waals surface area (Å²) in [4.78, 5) is 0. The van der Waals surface area contributed by atoms with Crippen LogP contribution in [-0.2, 0) is 21.7 Å². The van der Waals surface area contributed by atoms with E-state index < -0.39 is 23.5 Å². The fourth-order valence-electron chi connectivity index (χ4n) is 19.2. The van der Waals surface area contributed by atoms with Gasteiger partial charge in [-0.3, -0.25) is 0 Å². The van der Waals surface area contributed by atoms with E-state index in [1.807, 2.05) is 122 Å². The van der Waals surface area contributed by atoms with Crippen molar-refractivity contribution in [2.45, 2.75) is 112 Å². The molecule has 0 aliphatic carbocycles. The molecule has 4 heterocycles. The third-order valence-electron chi connectivity index (χ3n) is 24.6. The standard InChI is InChI=1S/C35H31N.C34H29N.2C28H25N/c1-24-13-10-16-26(23-24)27-18-12-22-32(33(27)35(2,3)4)36-31-21-9-8-17-29(31)30-20-11-19-28(34(30)36)25-14-6-5-7-15-25;1-34(2,3)32-26(24-14-6-4-7-15-24)19-13-23-31(32)35-30-22-11-10-18-28(30)29-21-12-20-27(33(29)35)25-16-8-5-9-17-25;2*1-28(2,3)24-17-8-10-19-26(24)29-25-18-9-7-14-22(25)23-16-11-15-21(27(23)29)20-12-5-4-6-13-20/h5-23H,1-4H3;4-23H,1-3H3;2*4-19H,1-3H3/i5D,6D,7D,10D,13D,14D,15D,16D,23D;;4D,5D,6D,12D,13D;. The monoisotopic (exact) mass is 1680 g/mol. The molecule has 0 unspecified atom stereocenters. The zero-order valence-electron chi connectivity index (χ0n) is 89.2. The van der Waals surface area contributed by atoms with E-state index in [9.17, 15) is 0 Å². The molecule has 4 heteroatoms. The molecule has 0 spiro atoms. The van der Waals surface area contributed by atoms with Crippen LogP contribution in [0.15, 0.2) is 430 Å². The number of para-hydroxylation sites is 10. The number of nitrogens with zero attached hydrogens (tertiary/aromatic N) is 4. The Kier molecular flexibility index (Phi) is 18.3. The molecular formula is C125H110N4. The first-order valence-corrected chi connectivity index (χ1v) is 44.3. The lowest BCUT2D eigenvalue weighted by Crippen LogP contribution is -2.17. The molecule has 0 atom stereocenters. The molecule has 0 amide bonds. The minimum absolute atomic E-state index is 0.0330. The molecule has 630 valence electrons. The summed E-state index contributed by atoms with van der Waals surface area (Å²) in [6.45, 7) is 28.1. The first kappa shape index (κ1) is 68.4. The maximum Gasteiger partial charge on any atom is 0.0632 e. The topological polar surface area (TPSA) is 19.7 Å². The van der Waals surface area contributed by atoms with Crippen LogP contribution in [0.1, 0.15) is 130 Å². The SMILES string of the molecule is CC(C)(C)c1c(-c2ccccc2)cccc1-n1c2ccccc2c2cccc(-c3ccccc3)c21.CC(C)(C)c1ccccc1-n1c2ccccc2c2cccc(-c3ccccc3)c21.[2H]c1c([2H])c([2H])c(-c2cccc3c4ccccc4n(-c4cccc(-c5c([2H])c([2H])c([2H])c(C)c5[2H])c4C(C)(C)C)c23)c([2H])c1[2H].[2H]c1c([2H])c([2H])c(-c2cccc3c4ccccc4n(-c4ccccc4C(C)(C)C)c23)c([2H])c1[2H]. The average molecular weight is 1680 g/mol. The highest BCUT2D eigenvalue weighted by Crippen LogP contribution is 2.49. The van der Waals surface area contributed by atoms with Crippen LogP contribution in [0.2, 0.25) is 0 Å². The van der Waals surface area contributed by atoms with E-state index in [-0.39, 0.29) is 99.4 Å². The molecule has 0 fully saturated rings. The zero-order valence-corrected chi connectivity index (χ0v) is 75.2. The highest BCUT2D eigenvalue weighted by Gasteiger charge is 2.31. The van der Waals surface area contributed by atoms with Crippen LogP contribution in [0.5, 0.6) is 0 Å². The number of benzene rings is 18. The van der Waals surface area contributed by atoms with Gasteiger partial charge in [-0.2, -0.15) is 0 Å². The van der Waals surface area contributed by atoms with Gasteiger partial charge in [0.25, 0.3) is 0 Å². The molecule has 4 nitrogen and oxygen atoms in total. The first-order valence-electron chi connectivity index (χ1n) is 51.3. The molecule has 0 N–H and O–H groups in total. The van der Waals surface area contributed by atoms with Crippen molar-refractivity contribution in [3.63, 3.8) is 0 Å². The van der Waals surface area contributed by atoms with Gasteiger partial charge in [-0.1, -0.05) is 470 Å². The van der Waals surface area contributed by atoms with E-state index in [2.05, 4.69) is 319 Å². The lowest BCUT2D eigenvalue weighted by Gasteiger charge is -2.28. The molecule has 129 heavy (non-hydrogen) atoms. The molecule has 18 aromatic carbocycles. The Bertz CT molecular complexity index is 8710. The molecule has 0 saturated heterocycles. The van der Waals surface area contributed by atoms with Crippen LogP contribution in [0.25, 0.3) is 177 Å². The van der Waals surface area contributed by atoms with E-state index in [4.69, 9.17) is 19.2 Å². The number of hydrogen-bond donors (Lipinski definition) is 0. The van der Waals surface area contributed by atoms with E-state index in [1.54, 1.807) is 13.0 Å². The van der Waals surface area contributed by atoms with Crippen LogP contribution in [-0.4, -0.2) is 18.3 Å². The summed E-state index contributed by atoms with van der Waals surface area (Å²) in [7, 11) is 0. The Morgan fingerprint density at radius 3 is 0.775 bits per heavy atom. The van der Waals surface area contributed by atoms with Crippen molar-refractivity contribution < 1.29 is 19.2 Å². The van der Waals surface area contributed by atoms with E-state index in [1.165, 1.54) is 99.5 Å². The second kappa shape index (κ2) is 34.5. The number of hydrogen-bond acceptors (Lipinski definition) is 0. The Balaban J connectivity index is 0.000000122. The fourth-order valence-corrected chi connectivity index (χ4v) is 19.2. The summed E-state index contributed by atoms with van der Waals surface area (Å²) in [5.41, 5.74) is 26.8. The minimum Gasteiger partial charge on any atom is -0.308 e. The number of fused-ring (bicyclic) bond motifs is 12. The van der Waals surface area contributed by atoms with Gasteiger partial charge in [0, 0.05) is 76.7 Å². The van der Waals surface area contributed by atoms with E-state index in [0.717, 1.165) is 60.6 Å². The maximum atomic E-state index is 8.95. The van der Waals surface area contributed by atoms with Gasteiger partial charge in [-0.05, 0) is 144 Å². The highest BCUT2D eigenvalue weighted by atomic mass is 15.0. The fraction of sp³-hybridized carbons (Fsp3) is 0.136. The number of aromatic nitrogens is 4. The van der Waals surface area contributed by atoms with Gasteiger partial charge >= 0.3 is 0 Å². The molecule has 22 rings (SSSR count). The predicted octanol–water partition coefficient (Wildman–Crippen LogP) is 34.6. The van der Waals surface area contributed by atoms with Crippen LogP contribution < -0.4 is 0 Å². The van der Waals surface area contributed by atoms with Gasteiger partial charge in [0.2, 0.25) is 0 Å². The minimum atomic E-state index is -0.538. The van der Waals surface area contributed by atoms with Crippen molar-refractivity contribution in [1.29, 1.82) is 0 Å². The summed E-state index contributed by atoms with van der Waals surface area (Å²) >= 11 is 0. The average Bonchev–Trinajstić information content (AvgIpc) is 1.67. The Morgan fingerprint density at radius 1 is 0.194 bits per heavy atom. The van der Waals surface area contributed by atoms with Gasteiger partial charge in [0.05, 0.1) is 74.7 Å². The molecule has 0 saturated carbocycles. The molecule has 0 aliphatic rings. The Labute approximate surface area is 779 Å². The van der Waals surface area contributed by atoms with Crippen LogP contribution >= 0.6 is 0 Å². The molecule has 22 aromatic rings. The largest absolute Gasteiger partial charge is 0.308 e. The summed E-state index contributed by atoms with van der Waals surface area (Å²) < 4.78 is 128. The lowest BCUT2D eigenvalue weighted by molar-refractivity contribution is 0.587. The van der Waals surface area contributed by atoms with E-state index in [0.29, 0.717) is 27.8 Å². The molecule has 0 aliphatic heterocycles. The lowest BCUT2D eigenvalue weighted by atomic mass is 9.80. The smallest absolute Gasteiger partial charge is 0.0632 e. The van der Waals surface area contributed by atoms with Gasteiger partial charge < -0.3 is 18.3 Å². The zero-order chi connectivity index (χ0) is 101. The Morgan fingerprint density at radius 2 is 0.442 bits per heavy atom. The normalized spacial score (nSPS) is 13.4. The van der Waals surface area contributed by atoms with Crippen molar-refractivity contribution in [2.75, 3.05) is 0 Å². The van der Waals surface area contributed by atoms with Gasteiger partial charge in [-0.25, -0.2) is 0 Å². The van der Waals surface area contributed by atoms with Crippen LogP contribution in [0, 0.1) is 6.92 Å². The van der Waals surface area contributed by atoms with Crippen molar-refractivity contribution in [2.24, 2.45) is 0 Å². The van der Waals surface area contributed by atoms with E-state index >= 15 is 0 Å². The van der Waals surface area contributed by atoms with Crippen molar-refractivity contribution in [3.05, 3.63) is 458 Å². The highest BCUT2D eigenvalue weighted by molar-refractivity contribution is 6.18. The molecule has 0 bridgehead atoms. The van der Waals surface area contributed by atoms with Gasteiger partial charge in [0.1, 0.15) is 0 Å². The van der Waals surface area contributed by atoms with Gasteiger partial charge in [0.15, 0.2) is 0 Å². The Hall–Kier alpha value is -14.8.